The first-order valence-electron chi connectivity index (χ1n) is 5.16. The van der Waals surface area contributed by atoms with E-state index in [1.54, 1.807) is 0 Å². The summed E-state index contributed by atoms with van der Waals surface area (Å²) in [5, 5.41) is 36.8. The maximum Gasteiger partial charge on any atom is 0.335 e. The van der Waals surface area contributed by atoms with Crippen LogP contribution in [0.25, 0.3) is 10.8 Å². The van der Waals surface area contributed by atoms with Gasteiger partial charge >= 0.3 is 5.97 Å². The van der Waals surface area contributed by atoms with Crippen molar-refractivity contribution >= 4 is 16.7 Å². The lowest BCUT2D eigenvalue weighted by atomic mass is 9.94. The van der Waals surface area contributed by atoms with E-state index in [0.29, 0.717) is 10.8 Å². The Hall–Kier alpha value is -3.36. The Morgan fingerprint density at radius 2 is 1.53 bits per heavy atom. The van der Waals surface area contributed by atoms with E-state index < -0.39 is 5.97 Å². The summed E-state index contributed by atoms with van der Waals surface area (Å²) in [4.78, 5) is 11.0. The van der Waals surface area contributed by atoms with Gasteiger partial charge in [-0.2, -0.15) is 15.8 Å². The number of nitriles is 3. The second-order valence-electron chi connectivity index (χ2n) is 3.75. The Morgan fingerprint density at radius 1 is 0.947 bits per heavy atom. The highest BCUT2D eigenvalue weighted by atomic mass is 16.4. The van der Waals surface area contributed by atoms with E-state index >= 15 is 0 Å². The average molecular weight is 247 g/mol. The summed E-state index contributed by atoms with van der Waals surface area (Å²) in [5.74, 6) is -1.19. The molecule has 0 saturated carbocycles. The van der Waals surface area contributed by atoms with Crippen molar-refractivity contribution in [2.75, 3.05) is 0 Å². The van der Waals surface area contributed by atoms with Crippen LogP contribution in [-0.2, 0) is 0 Å². The van der Waals surface area contributed by atoms with Gasteiger partial charge in [-0.1, -0.05) is 0 Å². The number of rotatable bonds is 1. The maximum absolute atomic E-state index is 11.0. The van der Waals surface area contributed by atoms with E-state index in [9.17, 15) is 4.79 Å². The summed E-state index contributed by atoms with van der Waals surface area (Å²) in [6.07, 6.45) is 0. The number of hydrogen-bond donors (Lipinski definition) is 1. The normalized spacial score (nSPS) is 9.32. The molecule has 1 N–H and O–H groups in total. The van der Waals surface area contributed by atoms with Crippen LogP contribution in [0.15, 0.2) is 24.3 Å². The number of nitrogens with zero attached hydrogens (tertiary/aromatic N) is 3. The number of carboxylic acids is 1. The van der Waals surface area contributed by atoms with Crippen LogP contribution in [0, 0.1) is 34.0 Å². The molecule has 88 valence electrons. The molecule has 0 aliphatic heterocycles. The molecular weight excluding hydrogens is 242 g/mol. The molecule has 5 heteroatoms. The first kappa shape index (κ1) is 12.1. The standard InChI is InChI=1S/C14H5N3O2/c15-5-8-1-2-9(6-16)13-11(7-17)3-10(14(18)19)4-12(8)13/h1-4H,(H,18,19). The highest BCUT2D eigenvalue weighted by Crippen LogP contribution is 2.27. The van der Waals surface area contributed by atoms with Gasteiger partial charge in [0.05, 0.1) is 40.5 Å². The van der Waals surface area contributed by atoms with Crippen molar-refractivity contribution < 1.29 is 9.90 Å². The minimum absolute atomic E-state index is 0.0727. The van der Waals surface area contributed by atoms with E-state index in [4.69, 9.17) is 20.9 Å². The SMILES string of the molecule is N#Cc1ccc(C#N)c2c(C#N)cc(C(=O)O)cc12. The summed E-state index contributed by atoms with van der Waals surface area (Å²) < 4.78 is 0. The third-order valence-electron chi connectivity index (χ3n) is 2.72. The van der Waals surface area contributed by atoms with Crippen molar-refractivity contribution in [1.82, 2.24) is 0 Å². The van der Waals surface area contributed by atoms with Crippen molar-refractivity contribution in [3.63, 3.8) is 0 Å². The summed E-state index contributed by atoms with van der Waals surface area (Å²) in [5.41, 5.74) is 0.454. The van der Waals surface area contributed by atoms with Crippen LogP contribution in [0.1, 0.15) is 27.0 Å². The molecule has 2 rings (SSSR count). The molecule has 0 aliphatic rings. The Balaban J connectivity index is 3.07. The predicted molar refractivity (Wildman–Crippen MR) is 65.1 cm³/mol. The van der Waals surface area contributed by atoms with Crippen molar-refractivity contribution in [2.45, 2.75) is 0 Å². The summed E-state index contributed by atoms with van der Waals surface area (Å²) in [6.45, 7) is 0. The molecule has 5 nitrogen and oxygen atoms in total. The number of hydrogen-bond acceptors (Lipinski definition) is 4. The third-order valence-corrected chi connectivity index (χ3v) is 2.72. The first-order valence-corrected chi connectivity index (χ1v) is 5.16. The number of carbonyl (C=O) groups is 1. The molecule has 0 amide bonds. The number of benzene rings is 2. The third kappa shape index (κ3) is 1.84. The number of carboxylic acid groups (broad SMARTS) is 1. The van der Waals surface area contributed by atoms with Gasteiger partial charge in [0, 0.05) is 10.8 Å². The van der Waals surface area contributed by atoms with Crippen LogP contribution in [0.2, 0.25) is 0 Å². The van der Waals surface area contributed by atoms with Crippen molar-refractivity contribution in [2.24, 2.45) is 0 Å². The van der Waals surface area contributed by atoms with Crippen LogP contribution in [0.4, 0.5) is 0 Å². The van der Waals surface area contributed by atoms with Gasteiger partial charge in [0.1, 0.15) is 0 Å². The van der Waals surface area contributed by atoms with Gasteiger partial charge in [0.15, 0.2) is 0 Å². The molecule has 2 aromatic rings. The second-order valence-corrected chi connectivity index (χ2v) is 3.75. The van der Waals surface area contributed by atoms with Gasteiger partial charge in [-0.3, -0.25) is 0 Å². The van der Waals surface area contributed by atoms with Crippen LogP contribution in [-0.4, -0.2) is 11.1 Å². The molecule has 0 spiro atoms. The second kappa shape index (κ2) is 4.49. The molecule has 0 bridgehead atoms. The van der Waals surface area contributed by atoms with E-state index in [2.05, 4.69) is 0 Å². The summed E-state index contributed by atoms with van der Waals surface area (Å²) in [7, 11) is 0. The van der Waals surface area contributed by atoms with Crippen molar-refractivity contribution in [3.05, 3.63) is 46.5 Å². The zero-order chi connectivity index (χ0) is 14.0. The highest BCUT2D eigenvalue weighted by Gasteiger charge is 2.14. The number of fused-ring (bicyclic) bond motifs is 1. The average Bonchev–Trinajstić information content (AvgIpc) is 2.44. The monoisotopic (exact) mass is 247 g/mol. The molecule has 0 aliphatic carbocycles. The topological polar surface area (TPSA) is 109 Å². The smallest absolute Gasteiger partial charge is 0.335 e. The minimum Gasteiger partial charge on any atom is -0.478 e. The Morgan fingerprint density at radius 3 is 2.05 bits per heavy atom. The minimum atomic E-state index is -1.19. The van der Waals surface area contributed by atoms with Crippen molar-refractivity contribution in [3.8, 4) is 18.2 Å². The lowest BCUT2D eigenvalue weighted by molar-refractivity contribution is 0.0697. The molecule has 0 aromatic heterocycles. The predicted octanol–water partition coefficient (Wildman–Crippen LogP) is 2.15. The van der Waals surface area contributed by atoms with Crippen LogP contribution in [0.3, 0.4) is 0 Å². The summed E-state index contributed by atoms with van der Waals surface area (Å²) >= 11 is 0. The zero-order valence-corrected chi connectivity index (χ0v) is 9.51. The Kier molecular flexibility index (Phi) is 2.86. The van der Waals surface area contributed by atoms with Gasteiger partial charge in [0.25, 0.3) is 0 Å². The fraction of sp³-hybridized carbons (Fsp3) is 0. The van der Waals surface area contributed by atoms with Crippen LogP contribution >= 0.6 is 0 Å². The van der Waals surface area contributed by atoms with E-state index in [0.717, 1.165) is 0 Å². The van der Waals surface area contributed by atoms with Gasteiger partial charge in [-0.15, -0.1) is 0 Å². The molecule has 0 atom stereocenters. The molecule has 19 heavy (non-hydrogen) atoms. The van der Waals surface area contributed by atoms with E-state index in [1.165, 1.54) is 24.3 Å². The van der Waals surface area contributed by atoms with Gasteiger partial charge in [0.2, 0.25) is 0 Å². The maximum atomic E-state index is 11.0. The number of aromatic carboxylic acids is 1. The first-order chi connectivity index (χ1) is 9.12. The lowest BCUT2D eigenvalue weighted by Gasteiger charge is -2.06. The van der Waals surface area contributed by atoms with Gasteiger partial charge < -0.3 is 5.11 Å². The molecular formula is C14H5N3O2. The van der Waals surface area contributed by atoms with E-state index in [1.807, 2.05) is 18.2 Å². The zero-order valence-electron chi connectivity index (χ0n) is 9.51. The lowest BCUT2D eigenvalue weighted by Crippen LogP contribution is -1.99. The van der Waals surface area contributed by atoms with Crippen LogP contribution in [0.5, 0.6) is 0 Å². The van der Waals surface area contributed by atoms with Gasteiger partial charge in [-0.25, -0.2) is 4.79 Å². The molecule has 0 unspecified atom stereocenters. The molecule has 0 radical (unpaired) electrons. The van der Waals surface area contributed by atoms with Crippen molar-refractivity contribution in [1.29, 1.82) is 15.8 Å². The fourth-order valence-corrected chi connectivity index (χ4v) is 1.89. The molecule has 2 aromatic carbocycles. The van der Waals surface area contributed by atoms with Crippen LogP contribution < -0.4 is 0 Å². The molecule has 0 fully saturated rings. The quantitative estimate of drug-likeness (QED) is 0.830. The highest BCUT2D eigenvalue weighted by molar-refractivity contribution is 6.01. The molecule has 0 saturated heterocycles. The Labute approximate surface area is 108 Å². The van der Waals surface area contributed by atoms with E-state index in [-0.39, 0.29) is 22.3 Å². The Bertz CT molecular complexity index is 833. The summed E-state index contributed by atoms with van der Waals surface area (Å²) in [6, 6.07) is 11.1. The fourth-order valence-electron chi connectivity index (χ4n) is 1.89. The molecule has 0 heterocycles. The largest absolute Gasteiger partial charge is 0.478 e. The van der Waals surface area contributed by atoms with Gasteiger partial charge in [-0.05, 0) is 24.3 Å².